The van der Waals surface area contributed by atoms with Gasteiger partial charge in [0.1, 0.15) is 18.2 Å². The molecule has 3 aromatic rings. The molecule has 0 heterocycles. The van der Waals surface area contributed by atoms with Crippen molar-refractivity contribution >= 4 is 23.2 Å². The van der Waals surface area contributed by atoms with Crippen molar-refractivity contribution in [2.75, 3.05) is 5.32 Å². The Hall–Kier alpha value is -3.06. The molecular weight excluding hydrogens is 410 g/mol. The van der Waals surface area contributed by atoms with Crippen molar-refractivity contribution in [3.05, 3.63) is 94.3 Å². The van der Waals surface area contributed by atoms with E-state index in [2.05, 4.69) is 5.32 Å². The maximum absolute atomic E-state index is 13.1. The van der Waals surface area contributed by atoms with E-state index >= 15 is 0 Å². The quantitative estimate of drug-likeness (QED) is 0.487. The number of hydrogen-bond acceptors (Lipinski definition) is 2. The lowest BCUT2D eigenvalue weighted by Crippen LogP contribution is -2.16. The topological polar surface area (TPSA) is 38.3 Å². The molecule has 0 unspecified atom stereocenters. The summed E-state index contributed by atoms with van der Waals surface area (Å²) >= 11 is 5.87. The van der Waals surface area contributed by atoms with Gasteiger partial charge in [0.05, 0.1) is 11.1 Å². The number of alkyl halides is 3. The van der Waals surface area contributed by atoms with Crippen molar-refractivity contribution in [2.45, 2.75) is 12.8 Å². The number of carbonyl (C=O) groups excluding carboxylic acids is 1. The number of nitrogens with one attached hydrogen (secondary N) is 1. The highest BCUT2D eigenvalue weighted by Crippen LogP contribution is 2.33. The van der Waals surface area contributed by atoms with Crippen molar-refractivity contribution in [1.82, 2.24) is 0 Å². The third-order valence-electron chi connectivity index (χ3n) is 3.94. The molecule has 3 aromatic carbocycles. The van der Waals surface area contributed by atoms with Crippen LogP contribution in [0.4, 0.5) is 23.2 Å². The van der Waals surface area contributed by atoms with Crippen LogP contribution in [0.15, 0.2) is 66.7 Å². The molecule has 0 spiro atoms. The van der Waals surface area contributed by atoms with Gasteiger partial charge in [-0.2, -0.15) is 13.2 Å². The molecule has 0 radical (unpaired) electrons. The van der Waals surface area contributed by atoms with Gasteiger partial charge >= 0.3 is 6.18 Å². The highest BCUT2D eigenvalue weighted by molar-refractivity contribution is 6.31. The average Bonchev–Trinajstić information content (AvgIpc) is 2.66. The molecule has 29 heavy (non-hydrogen) atoms. The third kappa shape index (κ3) is 5.48. The minimum absolute atomic E-state index is 0.0400. The second-order valence-electron chi connectivity index (χ2n) is 6.09. The number of ether oxygens (including phenoxy) is 1. The zero-order valence-electron chi connectivity index (χ0n) is 14.8. The van der Waals surface area contributed by atoms with E-state index in [4.69, 9.17) is 16.3 Å². The Labute approximate surface area is 168 Å². The van der Waals surface area contributed by atoms with E-state index in [1.165, 1.54) is 30.3 Å². The van der Waals surface area contributed by atoms with E-state index in [-0.39, 0.29) is 17.9 Å². The first-order chi connectivity index (χ1) is 13.7. The fourth-order valence-electron chi connectivity index (χ4n) is 2.52. The van der Waals surface area contributed by atoms with Crippen molar-refractivity contribution in [1.29, 1.82) is 0 Å². The van der Waals surface area contributed by atoms with Crippen LogP contribution < -0.4 is 10.1 Å². The molecule has 0 fully saturated rings. The second kappa shape index (κ2) is 8.53. The van der Waals surface area contributed by atoms with E-state index in [1.807, 2.05) is 0 Å². The Bertz CT molecular complexity index is 1020. The lowest BCUT2D eigenvalue weighted by atomic mass is 10.1. The SMILES string of the molecule is O=C(Nc1cccc(Cl)c1)c1cc(C(F)(F)F)ccc1OCc1ccc(F)cc1. The summed E-state index contributed by atoms with van der Waals surface area (Å²) < 4.78 is 57.9. The zero-order chi connectivity index (χ0) is 21.0. The maximum Gasteiger partial charge on any atom is 0.416 e. The number of benzene rings is 3. The lowest BCUT2D eigenvalue weighted by molar-refractivity contribution is -0.137. The van der Waals surface area contributed by atoms with Gasteiger partial charge in [0.2, 0.25) is 0 Å². The molecule has 0 aliphatic rings. The molecule has 0 saturated heterocycles. The van der Waals surface area contributed by atoms with E-state index in [0.717, 1.165) is 18.2 Å². The van der Waals surface area contributed by atoms with Gasteiger partial charge in [-0.05, 0) is 54.1 Å². The summed E-state index contributed by atoms with van der Waals surface area (Å²) in [6.45, 7) is -0.0525. The van der Waals surface area contributed by atoms with Crippen molar-refractivity contribution in [2.24, 2.45) is 0 Å². The van der Waals surface area contributed by atoms with Crippen molar-refractivity contribution < 1.29 is 27.1 Å². The number of hydrogen-bond donors (Lipinski definition) is 1. The molecule has 0 bridgehead atoms. The Morgan fingerprint density at radius 1 is 1.00 bits per heavy atom. The van der Waals surface area contributed by atoms with Gasteiger partial charge in [0.15, 0.2) is 0 Å². The molecule has 0 saturated carbocycles. The van der Waals surface area contributed by atoms with Gasteiger partial charge < -0.3 is 10.1 Å². The van der Waals surface area contributed by atoms with Crippen LogP contribution in [0, 0.1) is 5.82 Å². The van der Waals surface area contributed by atoms with E-state index in [1.54, 1.807) is 18.2 Å². The lowest BCUT2D eigenvalue weighted by Gasteiger charge is -2.15. The van der Waals surface area contributed by atoms with Crippen LogP contribution in [0.25, 0.3) is 0 Å². The molecule has 3 rings (SSSR count). The monoisotopic (exact) mass is 423 g/mol. The third-order valence-corrected chi connectivity index (χ3v) is 4.18. The Kier molecular flexibility index (Phi) is 6.08. The summed E-state index contributed by atoms with van der Waals surface area (Å²) in [6, 6.07) is 14.3. The van der Waals surface area contributed by atoms with E-state index in [0.29, 0.717) is 16.3 Å². The molecule has 0 aliphatic heterocycles. The summed E-state index contributed by atoms with van der Waals surface area (Å²) in [7, 11) is 0. The number of halogens is 5. The van der Waals surface area contributed by atoms with E-state index in [9.17, 15) is 22.4 Å². The van der Waals surface area contributed by atoms with Crippen LogP contribution in [0.3, 0.4) is 0 Å². The van der Waals surface area contributed by atoms with Gasteiger partial charge in [-0.1, -0.05) is 29.8 Å². The smallest absolute Gasteiger partial charge is 0.416 e. The van der Waals surface area contributed by atoms with E-state index < -0.39 is 23.5 Å². The minimum Gasteiger partial charge on any atom is -0.488 e. The Morgan fingerprint density at radius 3 is 2.38 bits per heavy atom. The number of amides is 1. The highest BCUT2D eigenvalue weighted by atomic mass is 35.5. The van der Waals surface area contributed by atoms with Crippen LogP contribution in [0.2, 0.25) is 5.02 Å². The molecule has 150 valence electrons. The second-order valence-corrected chi connectivity index (χ2v) is 6.52. The standard InChI is InChI=1S/C21H14ClF4NO2/c22-15-2-1-3-17(11-15)27-20(28)18-10-14(21(24,25)26)6-9-19(18)29-12-13-4-7-16(23)8-5-13/h1-11H,12H2,(H,27,28). The molecule has 0 aromatic heterocycles. The zero-order valence-corrected chi connectivity index (χ0v) is 15.5. The predicted molar refractivity (Wildman–Crippen MR) is 102 cm³/mol. The maximum atomic E-state index is 13.1. The highest BCUT2D eigenvalue weighted by Gasteiger charge is 2.32. The predicted octanol–water partition coefficient (Wildman–Crippen LogP) is 6.33. The largest absolute Gasteiger partial charge is 0.488 e. The van der Waals surface area contributed by atoms with Crippen molar-refractivity contribution in [3.63, 3.8) is 0 Å². The minimum atomic E-state index is -4.62. The molecule has 1 amide bonds. The summed E-state index contributed by atoms with van der Waals surface area (Å²) in [6.07, 6.45) is -4.62. The van der Waals surface area contributed by atoms with Gasteiger partial charge in [0.25, 0.3) is 5.91 Å². The molecular formula is C21H14ClF4NO2. The number of rotatable bonds is 5. The van der Waals surface area contributed by atoms with Crippen LogP contribution >= 0.6 is 11.6 Å². The van der Waals surface area contributed by atoms with Crippen molar-refractivity contribution in [3.8, 4) is 5.75 Å². The Balaban J connectivity index is 1.88. The van der Waals surface area contributed by atoms with Crippen LogP contribution in [-0.2, 0) is 12.8 Å². The first-order valence-corrected chi connectivity index (χ1v) is 8.75. The van der Waals surface area contributed by atoms with Gasteiger partial charge in [-0.25, -0.2) is 4.39 Å². The van der Waals surface area contributed by atoms with Gasteiger partial charge in [0, 0.05) is 10.7 Å². The fourth-order valence-corrected chi connectivity index (χ4v) is 2.71. The summed E-state index contributed by atoms with van der Waals surface area (Å²) in [5.74, 6) is -1.25. The first kappa shape index (κ1) is 20.7. The molecule has 8 heteroatoms. The van der Waals surface area contributed by atoms with Crippen LogP contribution in [0.5, 0.6) is 5.75 Å². The Morgan fingerprint density at radius 2 is 1.72 bits per heavy atom. The van der Waals surface area contributed by atoms with Gasteiger partial charge in [-0.15, -0.1) is 0 Å². The molecule has 1 N–H and O–H groups in total. The summed E-state index contributed by atoms with van der Waals surface area (Å²) in [5.41, 5.74) is -0.360. The first-order valence-electron chi connectivity index (χ1n) is 8.38. The molecule has 0 aliphatic carbocycles. The van der Waals surface area contributed by atoms with Crippen LogP contribution in [-0.4, -0.2) is 5.91 Å². The average molecular weight is 424 g/mol. The summed E-state index contributed by atoms with van der Waals surface area (Å²) in [5, 5.41) is 2.86. The fraction of sp³-hybridized carbons (Fsp3) is 0.0952. The summed E-state index contributed by atoms with van der Waals surface area (Å²) in [4.78, 5) is 12.6. The van der Waals surface area contributed by atoms with Crippen LogP contribution in [0.1, 0.15) is 21.5 Å². The van der Waals surface area contributed by atoms with Gasteiger partial charge in [-0.3, -0.25) is 4.79 Å². The molecule has 3 nitrogen and oxygen atoms in total. The number of carbonyl (C=O) groups is 1. The molecule has 0 atom stereocenters. The normalized spacial score (nSPS) is 11.2. The number of anilines is 1.